The molecule has 164 valence electrons. The Morgan fingerprint density at radius 1 is 1.06 bits per heavy atom. The lowest BCUT2D eigenvalue weighted by molar-refractivity contribution is 0.181. The van der Waals surface area contributed by atoms with Crippen LogP contribution in [-0.4, -0.2) is 48.9 Å². The predicted molar refractivity (Wildman–Crippen MR) is 109 cm³/mol. The summed E-state index contributed by atoms with van der Waals surface area (Å²) in [7, 11) is -4.16. The highest BCUT2D eigenvalue weighted by molar-refractivity contribution is 7.89. The molecular formula is C21H20F2N2O5S. The normalized spacial score (nSPS) is 16.1. The second kappa shape index (κ2) is 8.03. The average molecular weight is 450 g/mol. The molecule has 0 aliphatic carbocycles. The lowest BCUT2D eigenvalue weighted by Gasteiger charge is -2.34. The second-order valence-electron chi connectivity index (χ2n) is 7.43. The monoisotopic (exact) mass is 450 g/mol. The molecule has 0 radical (unpaired) electrons. The summed E-state index contributed by atoms with van der Waals surface area (Å²) >= 11 is 0. The van der Waals surface area contributed by atoms with Crippen LogP contribution in [0.15, 0.2) is 50.5 Å². The molecule has 0 spiro atoms. The maximum absolute atomic E-state index is 14.0. The van der Waals surface area contributed by atoms with Gasteiger partial charge in [0.05, 0.1) is 0 Å². The van der Waals surface area contributed by atoms with Gasteiger partial charge in [0.25, 0.3) is 0 Å². The molecule has 1 aliphatic rings. The van der Waals surface area contributed by atoms with Gasteiger partial charge in [0.1, 0.15) is 27.9 Å². The number of piperazine rings is 1. The van der Waals surface area contributed by atoms with Crippen LogP contribution in [0.3, 0.4) is 0 Å². The van der Waals surface area contributed by atoms with E-state index in [-0.39, 0.29) is 18.8 Å². The molecule has 1 N–H and O–H groups in total. The molecule has 2 aromatic carbocycles. The topological polar surface area (TPSA) is 91.1 Å². The Balaban J connectivity index is 1.53. The number of fused-ring (bicyclic) bond motifs is 1. The minimum absolute atomic E-state index is 0.0243. The Hall–Kier alpha value is -2.82. The van der Waals surface area contributed by atoms with Crippen molar-refractivity contribution < 1.29 is 26.7 Å². The molecule has 0 amide bonds. The third-order valence-corrected chi connectivity index (χ3v) is 7.37. The predicted octanol–water partition coefficient (Wildman–Crippen LogP) is 2.59. The SMILES string of the molecule is Cc1c(O)ccc2c(CN3CCN(S(=O)(=O)c4cc(F)ccc4F)CC3)cc(=O)oc12. The number of phenolic OH excluding ortho intramolecular Hbond substituents is 1. The summed E-state index contributed by atoms with van der Waals surface area (Å²) in [6.45, 7) is 2.90. The largest absolute Gasteiger partial charge is 0.508 e. The minimum atomic E-state index is -4.16. The summed E-state index contributed by atoms with van der Waals surface area (Å²) in [6.07, 6.45) is 0. The summed E-state index contributed by atoms with van der Waals surface area (Å²) in [5, 5.41) is 10.6. The summed E-state index contributed by atoms with van der Waals surface area (Å²) in [5.74, 6) is -1.80. The van der Waals surface area contributed by atoms with Gasteiger partial charge in [-0.2, -0.15) is 4.31 Å². The first-order valence-electron chi connectivity index (χ1n) is 9.59. The Morgan fingerprint density at radius 3 is 2.48 bits per heavy atom. The van der Waals surface area contributed by atoms with E-state index in [9.17, 15) is 27.1 Å². The van der Waals surface area contributed by atoms with Crippen molar-refractivity contribution in [2.24, 2.45) is 0 Å². The summed E-state index contributed by atoms with van der Waals surface area (Å²) in [5.41, 5.74) is 0.926. The van der Waals surface area contributed by atoms with Gasteiger partial charge in [-0.1, -0.05) is 0 Å². The van der Waals surface area contributed by atoms with Gasteiger partial charge in [0.2, 0.25) is 10.0 Å². The third kappa shape index (κ3) is 4.06. The van der Waals surface area contributed by atoms with E-state index in [2.05, 4.69) is 0 Å². The Bertz CT molecular complexity index is 1320. The maximum Gasteiger partial charge on any atom is 0.336 e. The van der Waals surface area contributed by atoms with Crippen LogP contribution >= 0.6 is 0 Å². The van der Waals surface area contributed by atoms with E-state index in [0.29, 0.717) is 47.8 Å². The lowest BCUT2D eigenvalue weighted by atomic mass is 10.1. The molecule has 1 fully saturated rings. The number of benzene rings is 2. The van der Waals surface area contributed by atoms with Crippen molar-refractivity contribution >= 4 is 21.0 Å². The fraction of sp³-hybridized carbons (Fsp3) is 0.286. The number of hydrogen-bond acceptors (Lipinski definition) is 6. The summed E-state index contributed by atoms with van der Waals surface area (Å²) in [6, 6.07) is 6.93. The first-order chi connectivity index (χ1) is 14.7. The minimum Gasteiger partial charge on any atom is -0.508 e. The van der Waals surface area contributed by atoms with Crippen LogP contribution in [0.4, 0.5) is 8.78 Å². The van der Waals surface area contributed by atoms with Crippen molar-refractivity contribution in [1.82, 2.24) is 9.21 Å². The van der Waals surface area contributed by atoms with E-state index >= 15 is 0 Å². The fourth-order valence-corrected chi connectivity index (χ4v) is 5.23. The quantitative estimate of drug-likeness (QED) is 0.615. The molecule has 1 aliphatic heterocycles. The zero-order valence-electron chi connectivity index (χ0n) is 16.6. The van der Waals surface area contributed by atoms with E-state index < -0.39 is 32.2 Å². The van der Waals surface area contributed by atoms with Gasteiger partial charge in [-0.3, -0.25) is 4.90 Å². The van der Waals surface area contributed by atoms with Gasteiger partial charge >= 0.3 is 5.63 Å². The summed E-state index contributed by atoms with van der Waals surface area (Å²) in [4.78, 5) is 13.3. The van der Waals surface area contributed by atoms with Crippen molar-refractivity contribution in [2.75, 3.05) is 26.2 Å². The van der Waals surface area contributed by atoms with Gasteiger partial charge in [0, 0.05) is 49.7 Å². The molecule has 0 saturated carbocycles. The van der Waals surface area contributed by atoms with Crippen LogP contribution in [0.5, 0.6) is 5.75 Å². The van der Waals surface area contributed by atoms with Crippen LogP contribution in [0.1, 0.15) is 11.1 Å². The molecule has 31 heavy (non-hydrogen) atoms. The van der Waals surface area contributed by atoms with Gasteiger partial charge in [-0.05, 0) is 42.8 Å². The molecular weight excluding hydrogens is 430 g/mol. The van der Waals surface area contributed by atoms with Gasteiger partial charge < -0.3 is 9.52 Å². The number of aromatic hydroxyl groups is 1. The highest BCUT2D eigenvalue weighted by Crippen LogP contribution is 2.28. The molecule has 1 aromatic heterocycles. The first-order valence-corrected chi connectivity index (χ1v) is 11.0. The van der Waals surface area contributed by atoms with Crippen molar-refractivity contribution in [3.63, 3.8) is 0 Å². The molecule has 1 saturated heterocycles. The zero-order chi connectivity index (χ0) is 22.3. The van der Waals surface area contributed by atoms with E-state index in [1.165, 1.54) is 12.1 Å². The number of hydrogen-bond donors (Lipinski definition) is 1. The Kier molecular flexibility index (Phi) is 5.54. The standard InChI is InChI=1S/C21H20F2N2O5S/c1-13-18(26)5-3-16-14(10-20(27)30-21(13)16)12-24-6-8-25(9-7-24)31(28,29)19-11-15(22)2-4-17(19)23/h2-5,10-11,26H,6-9,12H2,1H3. The van der Waals surface area contributed by atoms with Crippen LogP contribution < -0.4 is 5.63 Å². The number of halogens is 2. The van der Waals surface area contributed by atoms with Crippen LogP contribution in [-0.2, 0) is 16.6 Å². The van der Waals surface area contributed by atoms with Gasteiger partial charge in [-0.15, -0.1) is 0 Å². The van der Waals surface area contributed by atoms with Crippen LogP contribution in [0, 0.1) is 18.6 Å². The molecule has 0 bridgehead atoms. The number of nitrogens with zero attached hydrogens (tertiary/aromatic N) is 2. The molecule has 4 rings (SSSR count). The number of sulfonamides is 1. The van der Waals surface area contributed by atoms with Crippen molar-refractivity contribution in [3.8, 4) is 5.75 Å². The molecule has 7 nitrogen and oxygen atoms in total. The maximum atomic E-state index is 14.0. The van der Waals surface area contributed by atoms with Crippen molar-refractivity contribution in [1.29, 1.82) is 0 Å². The first kappa shape index (κ1) is 21.4. The highest BCUT2D eigenvalue weighted by atomic mass is 32.2. The zero-order valence-corrected chi connectivity index (χ0v) is 17.5. The Labute approximate surface area is 177 Å². The van der Waals surface area contributed by atoms with Crippen LogP contribution in [0.2, 0.25) is 0 Å². The van der Waals surface area contributed by atoms with E-state index in [1.54, 1.807) is 13.0 Å². The summed E-state index contributed by atoms with van der Waals surface area (Å²) < 4.78 is 59.3. The van der Waals surface area contributed by atoms with E-state index in [4.69, 9.17) is 4.42 Å². The average Bonchev–Trinajstić information content (AvgIpc) is 2.73. The van der Waals surface area contributed by atoms with Crippen LogP contribution in [0.25, 0.3) is 11.0 Å². The van der Waals surface area contributed by atoms with E-state index in [1.807, 2.05) is 4.90 Å². The molecule has 0 unspecified atom stereocenters. The number of phenols is 1. The van der Waals surface area contributed by atoms with Gasteiger partial charge in [0.15, 0.2) is 0 Å². The van der Waals surface area contributed by atoms with Crippen molar-refractivity contribution in [3.05, 3.63) is 69.6 Å². The van der Waals surface area contributed by atoms with E-state index in [0.717, 1.165) is 16.4 Å². The molecule has 0 atom stereocenters. The number of rotatable bonds is 4. The lowest BCUT2D eigenvalue weighted by Crippen LogP contribution is -2.48. The highest BCUT2D eigenvalue weighted by Gasteiger charge is 2.31. The molecule has 3 aromatic rings. The smallest absolute Gasteiger partial charge is 0.336 e. The second-order valence-corrected chi connectivity index (χ2v) is 9.34. The number of aryl methyl sites for hydroxylation is 1. The van der Waals surface area contributed by atoms with Crippen molar-refractivity contribution in [2.45, 2.75) is 18.4 Å². The Morgan fingerprint density at radius 2 is 1.77 bits per heavy atom. The molecule has 2 heterocycles. The van der Waals surface area contributed by atoms with Gasteiger partial charge in [-0.25, -0.2) is 22.0 Å². The third-order valence-electron chi connectivity index (χ3n) is 5.45. The molecule has 10 heteroatoms. The fourth-order valence-electron chi connectivity index (χ4n) is 3.73.